The number of carbonyl (C=O) groups is 2. The van der Waals surface area contributed by atoms with E-state index in [1.807, 2.05) is 38.1 Å². The van der Waals surface area contributed by atoms with Crippen LogP contribution < -0.4 is 10.1 Å². The lowest BCUT2D eigenvalue weighted by molar-refractivity contribution is -0.135. The van der Waals surface area contributed by atoms with E-state index in [1.165, 1.54) is 4.90 Å². The molecule has 0 atom stereocenters. The van der Waals surface area contributed by atoms with Crippen LogP contribution in [0.15, 0.2) is 42.5 Å². The predicted molar refractivity (Wildman–Crippen MR) is 99.1 cm³/mol. The Balaban J connectivity index is 1.81. The Kier molecular flexibility index (Phi) is 6.42. The maximum Gasteiger partial charge on any atom is 0.260 e. The molecule has 0 aliphatic carbocycles. The minimum atomic E-state index is -0.286. The SMILES string of the molecule is Cc1ccc(NC(=O)CN(C)C(=O)COc2ccc(Cl)c(C)c2)cc1. The van der Waals surface area contributed by atoms with Crippen molar-refractivity contribution in [1.29, 1.82) is 0 Å². The normalized spacial score (nSPS) is 10.2. The van der Waals surface area contributed by atoms with Gasteiger partial charge in [-0.3, -0.25) is 9.59 Å². The van der Waals surface area contributed by atoms with Gasteiger partial charge in [0.2, 0.25) is 5.91 Å². The Morgan fingerprint density at radius 3 is 2.44 bits per heavy atom. The molecule has 0 aliphatic rings. The highest BCUT2D eigenvalue weighted by molar-refractivity contribution is 6.31. The number of anilines is 1. The first kappa shape index (κ1) is 18.8. The third-order valence-electron chi connectivity index (χ3n) is 3.63. The Morgan fingerprint density at radius 2 is 1.80 bits per heavy atom. The molecule has 132 valence electrons. The summed E-state index contributed by atoms with van der Waals surface area (Å²) in [6.07, 6.45) is 0. The number of amides is 2. The summed E-state index contributed by atoms with van der Waals surface area (Å²) >= 11 is 5.95. The number of halogens is 1. The number of nitrogens with one attached hydrogen (secondary N) is 1. The van der Waals surface area contributed by atoms with Crippen LogP contribution in [-0.4, -0.2) is 36.9 Å². The van der Waals surface area contributed by atoms with Crippen molar-refractivity contribution >= 4 is 29.1 Å². The van der Waals surface area contributed by atoms with Crippen LogP contribution in [0.1, 0.15) is 11.1 Å². The Bertz CT molecular complexity index is 760. The molecule has 25 heavy (non-hydrogen) atoms. The summed E-state index contributed by atoms with van der Waals surface area (Å²) in [5.41, 5.74) is 2.68. The van der Waals surface area contributed by atoms with Crippen LogP contribution in [-0.2, 0) is 9.59 Å². The number of carbonyl (C=O) groups excluding carboxylic acids is 2. The van der Waals surface area contributed by atoms with Gasteiger partial charge < -0.3 is 15.0 Å². The lowest BCUT2D eigenvalue weighted by Gasteiger charge is -2.17. The standard InChI is InChI=1S/C19H21ClN2O3/c1-13-4-6-15(7-5-13)21-18(23)11-22(3)19(24)12-25-16-8-9-17(20)14(2)10-16/h4-10H,11-12H2,1-3H3,(H,21,23). The fourth-order valence-corrected chi connectivity index (χ4v) is 2.22. The molecule has 0 saturated heterocycles. The van der Waals surface area contributed by atoms with Gasteiger partial charge in [-0.15, -0.1) is 0 Å². The van der Waals surface area contributed by atoms with Crippen LogP contribution >= 0.6 is 11.6 Å². The van der Waals surface area contributed by atoms with Crippen molar-refractivity contribution in [3.05, 3.63) is 58.6 Å². The molecule has 2 aromatic rings. The molecule has 0 fully saturated rings. The Hall–Kier alpha value is -2.53. The third-order valence-corrected chi connectivity index (χ3v) is 4.06. The van der Waals surface area contributed by atoms with Gasteiger partial charge in [0.25, 0.3) is 5.91 Å². The molecule has 5 nitrogen and oxygen atoms in total. The molecule has 0 spiro atoms. The zero-order valence-electron chi connectivity index (χ0n) is 14.5. The van der Waals surface area contributed by atoms with Crippen molar-refractivity contribution < 1.29 is 14.3 Å². The summed E-state index contributed by atoms with van der Waals surface area (Å²) in [4.78, 5) is 25.4. The number of hydrogen-bond donors (Lipinski definition) is 1. The van der Waals surface area contributed by atoms with Gasteiger partial charge in [-0.2, -0.15) is 0 Å². The van der Waals surface area contributed by atoms with Crippen LogP contribution in [0, 0.1) is 13.8 Å². The lowest BCUT2D eigenvalue weighted by atomic mass is 10.2. The number of nitrogens with zero attached hydrogens (tertiary/aromatic N) is 1. The minimum Gasteiger partial charge on any atom is -0.484 e. The number of rotatable bonds is 6. The smallest absolute Gasteiger partial charge is 0.260 e. The van der Waals surface area contributed by atoms with E-state index in [1.54, 1.807) is 25.2 Å². The van der Waals surface area contributed by atoms with E-state index in [2.05, 4.69) is 5.32 Å². The van der Waals surface area contributed by atoms with E-state index in [-0.39, 0.29) is 25.0 Å². The predicted octanol–water partition coefficient (Wildman–Crippen LogP) is 3.43. The van der Waals surface area contributed by atoms with Gasteiger partial charge in [-0.1, -0.05) is 29.3 Å². The lowest BCUT2D eigenvalue weighted by Crippen LogP contribution is -2.37. The molecule has 2 amide bonds. The summed E-state index contributed by atoms with van der Waals surface area (Å²) in [6.45, 7) is 3.64. The van der Waals surface area contributed by atoms with Gasteiger partial charge in [0, 0.05) is 17.8 Å². The van der Waals surface area contributed by atoms with E-state index in [4.69, 9.17) is 16.3 Å². The van der Waals surface area contributed by atoms with E-state index < -0.39 is 0 Å². The second-order valence-electron chi connectivity index (χ2n) is 5.86. The Labute approximate surface area is 152 Å². The maximum atomic E-state index is 12.1. The van der Waals surface area contributed by atoms with Crippen LogP contribution in [0.4, 0.5) is 5.69 Å². The van der Waals surface area contributed by atoms with Gasteiger partial charge in [0.05, 0.1) is 6.54 Å². The van der Waals surface area contributed by atoms with Gasteiger partial charge in [0.15, 0.2) is 6.61 Å². The monoisotopic (exact) mass is 360 g/mol. The molecular formula is C19H21ClN2O3. The molecular weight excluding hydrogens is 340 g/mol. The maximum absolute atomic E-state index is 12.1. The van der Waals surface area contributed by atoms with Crippen molar-refractivity contribution in [2.24, 2.45) is 0 Å². The molecule has 0 radical (unpaired) electrons. The number of hydrogen-bond acceptors (Lipinski definition) is 3. The van der Waals surface area contributed by atoms with Crippen LogP contribution in [0.25, 0.3) is 0 Å². The summed E-state index contributed by atoms with van der Waals surface area (Å²) in [7, 11) is 1.56. The average molecular weight is 361 g/mol. The quantitative estimate of drug-likeness (QED) is 0.858. The summed E-state index contributed by atoms with van der Waals surface area (Å²) in [5.74, 6) is 0.0152. The highest BCUT2D eigenvalue weighted by Crippen LogP contribution is 2.21. The second kappa shape index (κ2) is 8.53. The van der Waals surface area contributed by atoms with Crippen LogP contribution in [0.2, 0.25) is 5.02 Å². The van der Waals surface area contributed by atoms with Gasteiger partial charge in [-0.05, 0) is 49.7 Å². The van der Waals surface area contributed by atoms with Gasteiger partial charge >= 0.3 is 0 Å². The Morgan fingerprint density at radius 1 is 1.12 bits per heavy atom. The zero-order valence-corrected chi connectivity index (χ0v) is 15.3. The van der Waals surface area contributed by atoms with Crippen molar-refractivity contribution in [3.63, 3.8) is 0 Å². The van der Waals surface area contributed by atoms with Crippen molar-refractivity contribution in [2.75, 3.05) is 25.5 Å². The van der Waals surface area contributed by atoms with Gasteiger partial charge in [-0.25, -0.2) is 0 Å². The van der Waals surface area contributed by atoms with Crippen LogP contribution in [0.3, 0.4) is 0 Å². The molecule has 0 bridgehead atoms. The second-order valence-corrected chi connectivity index (χ2v) is 6.27. The molecule has 2 aromatic carbocycles. The number of benzene rings is 2. The molecule has 0 aromatic heterocycles. The average Bonchev–Trinajstić information content (AvgIpc) is 2.57. The molecule has 0 unspecified atom stereocenters. The van der Waals surface area contributed by atoms with E-state index in [0.29, 0.717) is 16.5 Å². The van der Waals surface area contributed by atoms with E-state index >= 15 is 0 Å². The van der Waals surface area contributed by atoms with Crippen molar-refractivity contribution in [2.45, 2.75) is 13.8 Å². The minimum absolute atomic E-state index is 0.0459. The van der Waals surface area contributed by atoms with Crippen molar-refractivity contribution in [3.8, 4) is 5.75 Å². The first-order valence-corrected chi connectivity index (χ1v) is 8.22. The number of likely N-dealkylation sites (N-methyl/N-ethyl adjacent to an activating group) is 1. The molecule has 6 heteroatoms. The molecule has 2 rings (SSSR count). The topological polar surface area (TPSA) is 58.6 Å². The number of ether oxygens (including phenoxy) is 1. The highest BCUT2D eigenvalue weighted by atomic mass is 35.5. The highest BCUT2D eigenvalue weighted by Gasteiger charge is 2.14. The summed E-state index contributed by atoms with van der Waals surface area (Å²) in [6, 6.07) is 12.6. The summed E-state index contributed by atoms with van der Waals surface area (Å²) < 4.78 is 5.46. The van der Waals surface area contributed by atoms with Crippen LogP contribution in [0.5, 0.6) is 5.75 Å². The molecule has 0 heterocycles. The fourth-order valence-electron chi connectivity index (χ4n) is 2.10. The molecule has 1 N–H and O–H groups in total. The third kappa shape index (κ3) is 5.80. The van der Waals surface area contributed by atoms with E-state index in [9.17, 15) is 9.59 Å². The molecule has 0 saturated carbocycles. The van der Waals surface area contributed by atoms with Gasteiger partial charge in [0.1, 0.15) is 5.75 Å². The summed E-state index contributed by atoms with van der Waals surface area (Å²) in [5, 5.41) is 3.40. The molecule has 0 aliphatic heterocycles. The van der Waals surface area contributed by atoms with E-state index in [0.717, 1.165) is 11.1 Å². The fraction of sp³-hybridized carbons (Fsp3) is 0.263. The first-order valence-electron chi connectivity index (χ1n) is 7.84. The zero-order chi connectivity index (χ0) is 18.4. The first-order chi connectivity index (χ1) is 11.8. The largest absolute Gasteiger partial charge is 0.484 e. The number of aryl methyl sites for hydroxylation is 2. The van der Waals surface area contributed by atoms with Crippen molar-refractivity contribution in [1.82, 2.24) is 4.90 Å².